The Morgan fingerprint density at radius 1 is 0.800 bits per heavy atom. The first-order chi connectivity index (χ1) is 9.74. The van der Waals surface area contributed by atoms with Gasteiger partial charge in [-0.25, -0.2) is 0 Å². The van der Waals surface area contributed by atoms with Crippen LogP contribution in [-0.4, -0.2) is 0 Å². The highest BCUT2D eigenvalue weighted by atomic mass is 16.5. The van der Waals surface area contributed by atoms with Gasteiger partial charge in [0.15, 0.2) is 0 Å². The maximum absolute atomic E-state index is 6.00. The van der Waals surface area contributed by atoms with Crippen molar-refractivity contribution in [1.29, 1.82) is 0 Å². The number of rotatable bonds is 3. The second kappa shape index (κ2) is 5.38. The highest BCUT2D eigenvalue weighted by molar-refractivity contribution is 5.88. The van der Waals surface area contributed by atoms with Gasteiger partial charge in [0, 0.05) is 5.39 Å². The summed E-state index contributed by atoms with van der Waals surface area (Å²) in [5.74, 6) is 0.946. The van der Waals surface area contributed by atoms with Crippen LogP contribution in [0.3, 0.4) is 0 Å². The Labute approximate surface area is 119 Å². The van der Waals surface area contributed by atoms with Gasteiger partial charge in [0.25, 0.3) is 0 Å². The fraction of sp³-hybridized carbons (Fsp3) is 0.158. The van der Waals surface area contributed by atoms with Gasteiger partial charge in [-0.2, -0.15) is 0 Å². The lowest BCUT2D eigenvalue weighted by atomic mass is 10.1. The zero-order valence-electron chi connectivity index (χ0n) is 11.9. The monoisotopic (exact) mass is 262 g/mol. The summed E-state index contributed by atoms with van der Waals surface area (Å²) in [5.41, 5.74) is 3.84. The van der Waals surface area contributed by atoms with E-state index in [1.807, 2.05) is 18.2 Å². The fourth-order valence-corrected chi connectivity index (χ4v) is 2.38. The van der Waals surface area contributed by atoms with E-state index in [4.69, 9.17) is 4.74 Å². The summed E-state index contributed by atoms with van der Waals surface area (Å²) >= 11 is 0. The van der Waals surface area contributed by atoms with E-state index in [2.05, 4.69) is 56.3 Å². The average Bonchev–Trinajstić information content (AvgIpc) is 2.48. The van der Waals surface area contributed by atoms with Crippen LogP contribution in [0.15, 0.2) is 60.7 Å². The summed E-state index contributed by atoms with van der Waals surface area (Å²) < 4.78 is 6.00. The first-order valence-corrected chi connectivity index (χ1v) is 6.91. The van der Waals surface area contributed by atoms with Gasteiger partial charge in [-0.3, -0.25) is 0 Å². The normalized spacial score (nSPS) is 10.7. The molecule has 0 N–H and O–H groups in total. The van der Waals surface area contributed by atoms with E-state index in [1.165, 1.54) is 27.5 Å². The predicted molar refractivity (Wildman–Crippen MR) is 84.2 cm³/mol. The van der Waals surface area contributed by atoms with Gasteiger partial charge in [0.05, 0.1) is 0 Å². The van der Waals surface area contributed by atoms with Crippen LogP contribution in [0.25, 0.3) is 10.8 Å². The van der Waals surface area contributed by atoms with E-state index < -0.39 is 0 Å². The molecule has 0 radical (unpaired) electrons. The molecule has 0 atom stereocenters. The Balaban J connectivity index is 1.85. The molecule has 0 saturated heterocycles. The SMILES string of the molecule is Cc1ccc(COc2cccc3ccccc23)cc1C. The quantitative estimate of drug-likeness (QED) is 0.643. The molecule has 1 nitrogen and oxygen atoms in total. The minimum absolute atomic E-state index is 0.606. The molecule has 20 heavy (non-hydrogen) atoms. The smallest absolute Gasteiger partial charge is 0.127 e. The highest BCUT2D eigenvalue weighted by Crippen LogP contribution is 2.26. The molecule has 1 heteroatoms. The van der Waals surface area contributed by atoms with Gasteiger partial charge < -0.3 is 4.74 Å². The van der Waals surface area contributed by atoms with Gasteiger partial charge >= 0.3 is 0 Å². The molecule has 0 amide bonds. The van der Waals surface area contributed by atoms with Crippen molar-refractivity contribution in [2.45, 2.75) is 20.5 Å². The number of benzene rings is 3. The first-order valence-electron chi connectivity index (χ1n) is 6.91. The Morgan fingerprint density at radius 3 is 2.45 bits per heavy atom. The molecule has 0 aliphatic carbocycles. The van der Waals surface area contributed by atoms with Gasteiger partial charge in [-0.1, -0.05) is 54.6 Å². The summed E-state index contributed by atoms with van der Waals surface area (Å²) in [6.45, 7) is 4.87. The van der Waals surface area contributed by atoms with E-state index in [1.54, 1.807) is 0 Å². The van der Waals surface area contributed by atoms with Crippen LogP contribution in [0.5, 0.6) is 5.75 Å². The van der Waals surface area contributed by atoms with Crippen molar-refractivity contribution >= 4 is 10.8 Å². The molecule has 0 aromatic heterocycles. The molecule has 0 aliphatic rings. The predicted octanol–water partition coefficient (Wildman–Crippen LogP) is 5.04. The minimum atomic E-state index is 0.606. The van der Waals surface area contributed by atoms with Crippen molar-refractivity contribution in [1.82, 2.24) is 0 Å². The van der Waals surface area contributed by atoms with E-state index in [0.29, 0.717) is 6.61 Å². The van der Waals surface area contributed by atoms with Crippen LogP contribution in [0, 0.1) is 13.8 Å². The largest absolute Gasteiger partial charge is 0.488 e. The fourth-order valence-electron chi connectivity index (χ4n) is 2.38. The van der Waals surface area contributed by atoms with Crippen LogP contribution in [0.2, 0.25) is 0 Å². The van der Waals surface area contributed by atoms with Crippen molar-refractivity contribution in [2.75, 3.05) is 0 Å². The number of hydrogen-bond acceptors (Lipinski definition) is 1. The third kappa shape index (κ3) is 2.53. The molecule has 3 aromatic rings. The summed E-state index contributed by atoms with van der Waals surface area (Å²) in [7, 11) is 0. The van der Waals surface area contributed by atoms with Crippen LogP contribution in [-0.2, 0) is 6.61 Å². The second-order valence-corrected chi connectivity index (χ2v) is 5.18. The lowest BCUT2D eigenvalue weighted by Gasteiger charge is -2.10. The third-order valence-electron chi connectivity index (χ3n) is 3.72. The van der Waals surface area contributed by atoms with Crippen LogP contribution < -0.4 is 4.74 Å². The zero-order valence-corrected chi connectivity index (χ0v) is 11.9. The molecule has 0 fully saturated rings. The topological polar surface area (TPSA) is 9.23 Å². The molecule has 3 aromatic carbocycles. The maximum atomic E-state index is 6.00. The summed E-state index contributed by atoms with van der Waals surface area (Å²) in [4.78, 5) is 0. The Hall–Kier alpha value is -2.28. The molecule has 0 aliphatic heterocycles. The average molecular weight is 262 g/mol. The molecule has 0 saturated carbocycles. The number of fused-ring (bicyclic) bond motifs is 1. The highest BCUT2D eigenvalue weighted by Gasteiger charge is 2.02. The van der Waals surface area contributed by atoms with Gasteiger partial charge in [0.2, 0.25) is 0 Å². The van der Waals surface area contributed by atoms with Crippen molar-refractivity contribution in [3.8, 4) is 5.75 Å². The van der Waals surface area contributed by atoms with Crippen LogP contribution >= 0.6 is 0 Å². The Morgan fingerprint density at radius 2 is 1.60 bits per heavy atom. The lowest BCUT2D eigenvalue weighted by molar-refractivity contribution is 0.310. The molecule has 0 heterocycles. The molecule has 0 unspecified atom stereocenters. The van der Waals surface area contributed by atoms with Crippen LogP contribution in [0.4, 0.5) is 0 Å². The standard InChI is InChI=1S/C19H18O/c1-14-10-11-16(12-15(14)2)13-20-19-9-5-7-17-6-3-4-8-18(17)19/h3-12H,13H2,1-2H3. The van der Waals surface area contributed by atoms with E-state index >= 15 is 0 Å². The summed E-state index contributed by atoms with van der Waals surface area (Å²) in [6, 6.07) is 21.0. The third-order valence-corrected chi connectivity index (χ3v) is 3.72. The number of hydrogen-bond donors (Lipinski definition) is 0. The molecule has 0 spiro atoms. The van der Waals surface area contributed by atoms with E-state index in [-0.39, 0.29) is 0 Å². The summed E-state index contributed by atoms with van der Waals surface area (Å²) in [5, 5.41) is 2.38. The van der Waals surface area contributed by atoms with E-state index in [9.17, 15) is 0 Å². The lowest BCUT2D eigenvalue weighted by Crippen LogP contribution is -1.97. The molecule has 0 bridgehead atoms. The van der Waals surface area contributed by atoms with Crippen LogP contribution in [0.1, 0.15) is 16.7 Å². The molecular weight excluding hydrogens is 244 g/mol. The molecule has 100 valence electrons. The van der Waals surface area contributed by atoms with Gasteiger partial charge in [-0.15, -0.1) is 0 Å². The first kappa shape index (κ1) is 12.7. The molecule has 3 rings (SSSR count). The van der Waals surface area contributed by atoms with Crippen molar-refractivity contribution in [3.05, 3.63) is 77.4 Å². The molecular formula is C19H18O. The van der Waals surface area contributed by atoms with E-state index in [0.717, 1.165) is 5.75 Å². The van der Waals surface area contributed by atoms with Crippen molar-refractivity contribution < 1.29 is 4.74 Å². The maximum Gasteiger partial charge on any atom is 0.127 e. The number of ether oxygens (including phenoxy) is 1. The summed E-state index contributed by atoms with van der Waals surface area (Å²) in [6.07, 6.45) is 0. The Bertz CT molecular complexity index is 738. The van der Waals surface area contributed by atoms with Crippen molar-refractivity contribution in [2.24, 2.45) is 0 Å². The van der Waals surface area contributed by atoms with Gasteiger partial charge in [0.1, 0.15) is 12.4 Å². The second-order valence-electron chi connectivity index (χ2n) is 5.18. The van der Waals surface area contributed by atoms with Gasteiger partial charge in [-0.05, 0) is 42.0 Å². The van der Waals surface area contributed by atoms with Crippen molar-refractivity contribution in [3.63, 3.8) is 0 Å². The zero-order chi connectivity index (χ0) is 13.9. The minimum Gasteiger partial charge on any atom is -0.488 e. The number of aryl methyl sites for hydroxylation is 2. The Kier molecular flexibility index (Phi) is 3.42.